The van der Waals surface area contributed by atoms with Gasteiger partial charge >= 0.3 is 0 Å². The number of aryl methyl sites for hydroxylation is 1. The lowest BCUT2D eigenvalue weighted by Crippen LogP contribution is -1.91. The number of hydrogen-bond donors (Lipinski definition) is 1. The largest absolute Gasteiger partial charge is 0.398 e. The Morgan fingerprint density at radius 1 is 1.17 bits per heavy atom. The lowest BCUT2D eigenvalue weighted by molar-refractivity contribution is 1.11. The van der Waals surface area contributed by atoms with Crippen LogP contribution in [0.2, 0.25) is 0 Å². The van der Waals surface area contributed by atoms with Gasteiger partial charge in [-0.05, 0) is 58.7 Å². The summed E-state index contributed by atoms with van der Waals surface area (Å²) in [6.07, 6.45) is 1.98. The summed E-state index contributed by atoms with van der Waals surface area (Å²) in [4.78, 5) is 0. The first kappa shape index (κ1) is 11.2. The van der Waals surface area contributed by atoms with Crippen LogP contribution in [-0.2, 0) is 0 Å². The van der Waals surface area contributed by atoms with Crippen LogP contribution >= 0.6 is 15.9 Å². The van der Waals surface area contributed by atoms with Crippen molar-refractivity contribution in [2.24, 2.45) is 0 Å². The van der Waals surface area contributed by atoms with Crippen LogP contribution in [0.4, 0.5) is 5.69 Å². The monoisotopic (exact) mass is 302 g/mol. The molecule has 0 saturated carbocycles. The van der Waals surface area contributed by atoms with Crippen molar-refractivity contribution >= 4 is 27.3 Å². The minimum Gasteiger partial charge on any atom is -0.398 e. The molecule has 3 aromatic rings. The Morgan fingerprint density at radius 3 is 2.78 bits per heavy atom. The zero-order chi connectivity index (χ0) is 12.7. The lowest BCUT2D eigenvalue weighted by atomic mass is 10.2. The van der Waals surface area contributed by atoms with E-state index in [9.17, 15) is 0 Å². The van der Waals surface area contributed by atoms with Gasteiger partial charge in [0.25, 0.3) is 0 Å². The highest BCUT2D eigenvalue weighted by molar-refractivity contribution is 9.10. The second-order valence-electron chi connectivity index (χ2n) is 4.19. The van der Waals surface area contributed by atoms with E-state index in [2.05, 4.69) is 26.1 Å². The molecule has 0 aliphatic rings. The second-order valence-corrected chi connectivity index (χ2v) is 5.05. The van der Waals surface area contributed by atoms with Gasteiger partial charge in [0, 0.05) is 21.9 Å². The van der Waals surface area contributed by atoms with Crippen LogP contribution in [0.15, 0.2) is 41.0 Å². The molecule has 0 radical (unpaired) electrons. The third-order valence-corrected chi connectivity index (χ3v) is 3.51. The quantitative estimate of drug-likeness (QED) is 0.703. The van der Waals surface area contributed by atoms with Crippen molar-refractivity contribution in [1.82, 2.24) is 14.6 Å². The number of nitrogen functional groups attached to an aromatic ring is 1. The summed E-state index contributed by atoms with van der Waals surface area (Å²) in [6.45, 7) is 2.04. The van der Waals surface area contributed by atoms with Crippen molar-refractivity contribution in [3.05, 3.63) is 46.6 Å². The Bertz CT molecular complexity index is 733. The molecule has 18 heavy (non-hydrogen) atoms. The van der Waals surface area contributed by atoms with Gasteiger partial charge in [-0.3, -0.25) is 4.40 Å². The van der Waals surface area contributed by atoms with Gasteiger partial charge in [0.05, 0.1) is 0 Å². The third-order valence-electron chi connectivity index (χ3n) is 2.82. The molecule has 0 saturated heterocycles. The topological polar surface area (TPSA) is 56.2 Å². The zero-order valence-electron chi connectivity index (χ0n) is 9.76. The highest BCUT2D eigenvalue weighted by Crippen LogP contribution is 2.26. The van der Waals surface area contributed by atoms with E-state index in [0.717, 1.165) is 21.5 Å². The summed E-state index contributed by atoms with van der Waals surface area (Å²) in [5, 5.41) is 8.40. The maximum absolute atomic E-state index is 5.78. The van der Waals surface area contributed by atoms with Crippen molar-refractivity contribution in [2.45, 2.75) is 6.92 Å². The summed E-state index contributed by atoms with van der Waals surface area (Å²) in [5.41, 5.74) is 9.49. The molecule has 90 valence electrons. The van der Waals surface area contributed by atoms with Crippen LogP contribution in [0, 0.1) is 6.92 Å². The Hall–Kier alpha value is -1.88. The Kier molecular flexibility index (Phi) is 2.56. The van der Waals surface area contributed by atoms with E-state index in [1.54, 1.807) is 0 Å². The first-order chi connectivity index (χ1) is 8.65. The van der Waals surface area contributed by atoms with Crippen LogP contribution in [0.3, 0.4) is 0 Å². The van der Waals surface area contributed by atoms with Crippen LogP contribution < -0.4 is 5.73 Å². The fourth-order valence-corrected chi connectivity index (χ4v) is 2.23. The van der Waals surface area contributed by atoms with Crippen LogP contribution in [0.25, 0.3) is 17.0 Å². The summed E-state index contributed by atoms with van der Waals surface area (Å²) in [5.74, 6) is 0.811. The number of aromatic nitrogens is 3. The molecule has 0 aliphatic carbocycles. The highest BCUT2D eigenvalue weighted by atomic mass is 79.9. The maximum atomic E-state index is 5.78. The number of anilines is 1. The predicted octanol–water partition coefficient (Wildman–Crippen LogP) is 3.05. The van der Waals surface area contributed by atoms with Crippen molar-refractivity contribution in [1.29, 1.82) is 0 Å². The normalized spacial score (nSPS) is 11.0. The number of nitrogens with zero attached hydrogens (tertiary/aromatic N) is 3. The molecule has 0 aliphatic heterocycles. The minimum atomic E-state index is 0.711. The molecule has 2 aromatic heterocycles. The summed E-state index contributed by atoms with van der Waals surface area (Å²) >= 11 is 3.42. The number of benzene rings is 1. The van der Waals surface area contributed by atoms with E-state index in [1.165, 1.54) is 5.56 Å². The number of pyridine rings is 1. The van der Waals surface area contributed by atoms with E-state index in [0.29, 0.717) is 5.69 Å². The summed E-state index contributed by atoms with van der Waals surface area (Å²) in [6, 6.07) is 9.78. The lowest BCUT2D eigenvalue weighted by Gasteiger charge is -2.03. The number of rotatable bonds is 1. The molecule has 1 aromatic carbocycles. The molecule has 2 N–H and O–H groups in total. The number of fused-ring (bicyclic) bond motifs is 1. The predicted molar refractivity (Wildman–Crippen MR) is 75.3 cm³/mol. The van der Waals surface area contributed by atoms with Gasteiger partial charge in [0.1, 0.15) is 0 Å². The summed E-state index contributed by atoms with van der Waals surface area (Å²) in [7, 11) is 0. The van der Waals surface area contributed by atoms with Gasteiger partial charge in [0.2, 0.25) is 0 Å². The van der Waals surface area contributed by atoms with Gasteiger partial charge in [-0.2, -0.15) is 0 Å². The first-order valence-electron chi connectivity index (χ1n) is 5.52. The molecule has 0 unspecified atom stereocenters. The Labute approximate surface area is 113 Å². The van der Waals surface area contributed by atoms with E-state index in [-0.39, 0.29) is 0 Å². The average molecular weight is 303 g/mol. The van der Waals surface area contributed by atoms with E-state index in [4.69, 9.17) is 5.73 Å². The standard InChI is InChI=1S/C13H11BrN4/c1-8-4-5-18-12(6-8)16-17-13(18)9-2-3-11(15)10(14)7-9/h2-7H,15H2,1H3. The van der Waals surface area contributed by atoms with Crippen molar-refractivity contribution in [3.8, 4) is 11.4 Å². The SMILES string of the molecule is Cc1ccn2c(-c3ccc(N)c(Br)c3)nnc2c1. The van der Waals surface area contributed by atoms with Gasteiger partial charge < -0.3 is 5.73 Å². The van der Waals surface area contributed by atoms with Crippen molar-refractivity contribution < 1.29 is 0 Å². The number of nitrogens with two attached hydrogens (primary N) is 1. The summed E-state index contributed by atoms with van der Waals surface area (Å²) < 4.78 is 2.83. The Morgan fingerprint density at radius 2 is 2.00 bits per heavy atom. The van der Waals surface area contributed by atoms with Gasteiger partial charge in [-0.1, -0.05) is 0 Å². The van der Waals surface area contributed by atoms with Crippen molar-refractivity contribution in [3.63, 3.8) is 0 Å². The molecule has 0 fully saturated rings. The fraction of sp³-hybridized carbons (Fsp3) is 0.0769. The van der Waals surface area contributed by atoms with Crippen LogP contribution in [0.5, 0.6) is 0 Å². The van der Waals surface area contributed by atoms with E-state index < -0.39 is 0 Å². The molecule has 0 spiro atoms. The second kappa shape index (κ2) is 4.10. The van der Waals surface area contributed by atoms with E-state index in [1.807, 2.05) is 47.9 Å². The zero-order valence-corrected chi connectivity index (χ0v) is 11.3. The first-order valence-corrected chi connectivity index (χ1v) is 6.31. The molecular formula is C13H11BrN4. The molecular weight excluding hydrogens is 292 g/mol. The van der Waals surface area contributed by atoms with E-state index >= 15 is 0 Å². The smallest absolute Gasteiger partial charge is 0.168 e. The Balaban J connectivity index is 2.22. The van der Waals surface area contributed by atoms with Crippen LogP contribution in [0.1, 0.15) is 5.56 Å². The maximum Gasteiger partial charge on any atom is 0.168 e. The van der Waals surface area contributed by atoms with Crippen molar-refractivity contribution in [2.75, 3.05) is 5.73 Å². The molecule has 5 heteroatoms. The molecule has 4 nitrogen and oxygen atoms in total. The third kappa shape index (κ3) is 1.76. The van der Waals surface area contributed by atoms with Gasteiger partial charge in [0.15, 0.2) is 11.5 Å². The minimum absolute atomic E-state index is 0.711. The fourth-order valence-electron chi connectivity index (χ4n) is 1.86. The van der Waals surface area contributed by atoms with Crippen LogP contribution in [-0.4, -0.2) is 14.6 Å². The molecule has 2 heterocycles. The van der Waals surface area contributed by atoms with Gasteiger partial charge in [-0.15, -0.1) is 10.2 Å². The molecule has 0 bridgehead atoms. The molecule has 0 atom stereocenters. The molecule has 0 amide bonds. The highest BCUT2D eigenvalue weighted by Gasteiger charge is 2.09. The number of halogens is 1. The van der Waals surface area contributed by atoms with Gasteiger partial charge in [-0.25, -0.2) is 0 Å². The number of hydrogen-bond acceptors (Lipinski definition) is 3. The molecule has 3 rings (SSSR count). The average Bonchev–Trinajstić information content (AvgIpc) is 2.75.